The van der Waals surface area contributed by atoms with Gasteiger partial charge < -0.3 is 5.11 Å². The van der Waals surface area contributed by atoms with E-state index in [1.165, 1.54) is 11.8 Å². The Balaban J connectivity index is 1.65. The quantitative estimate of drug-likeness (QED) is 0.389. The highest BCUT2D eigenvalue weighted by atomic mass is 79.9. The number of hydrogen-bond acceptors (Lipinski definition) is 4. The smallest absolute Gasteiger partial charge is 0.289 e. The summed E-state index contributed by atoms with van der Waals surface area (Å²) in [4.78, 5) is 12.2. The number of carbonyl (C=O) groups is 1. The van der Waals surface area contributed by atoms with E-state index in [1.54, 1.807) is 24.3 Å². The molecule has 28 heavy (non-hydrogen) atoms. The Morgan fingerprint density at radius 3 is 2.71 bits per heavy atom. The van der Waals surface area contributed by atoms with E-state index in [0.29, 0.717) is 22.9 Å². The van der Waals surface area contributed by atoms with Gasteiger partial charge in [0.15, 0.2) is 0 Å². The summed E-state index contributed by atoms with van der Waals surface area (Å²) in [6.45, 7) is 4.37. The highest BCUT2D eigenvalue weighted by Crippen LogP contribution is 2.21. The van der Waals surface area contributed by atoms with Crippen molar-refractivity contribution in [2.45, 2.75) is 20.3 Å². The molecule has 1 aromatic heterocycles. The maximum Gasteiger partial charge on any atom is 0.289 e. The lowest BCUT2D eigenvalue weighted by Gasteiger charge is -2.05. The van der Waals surface area contributed by atoms with Gasteiger partial charge in [0, 0.05) is 15.6 Å². The Morgan fingerprint density at radius 1 is 1.25 bits per heavy atom. The molecule has 0 unspecified atom stereocenters. The molecule has 0 aliphatic heterocycles. The van der Waals surface area contributed by atoms with Crippen molar-refractivity contribution in [3.63, 3.8) is 0 Å². The van der Waals surface area contributed by atoms with E-state index in [1.807, 2.05) is 12.1 Å². The van der Waals surface area contributed by atoms with Crippen LogP contribution in [-0.4, -0.2) is 27.4 Å². The molecule has 0 aliphatic rings. The van der Waals surface area contributed by atoms with Crippen molar-refractivity contribution in [1.29, 1.82) is 0 Å². The number of halogens is 1. The number of amides is 1. The van der Waals surface area contributed by atoms with Crippen molar-refractivity contribution in [2.75, 3.05) is 0 Å². The van der Waals surface area contributed by atoms with E-state index in [9.17, 15) is 9.90 Å². The van der Waals surface area contributed by atoms with Crippen LogP contribution in [0.25, 0.3) is 11.3 Å². The van der Waals surface area contributed by atoms with E-state index >= 15 is 0 Å². The monoisotopic (exact) mass is 440 g/mol. The van der Waals surface area contributed by atoms with Crippen LogP contribution in [0.2, 0.25) is 0 Å². The lowest BCUT2D eigenvalue weighted by molar-refractivity contribution is 0.0950. The maximum absolute atomic E-state index is 12.2. The average molecular weight is 441 g/mol. The molecule has 0 bridgehead atoms. The van der Waals surface area contributed by atoms with Crippen molar-refractivity contribution >= 4 is 28.1 Å². The normalized spacial score (nSPS) is 11.3. The fourth-order valence-corrected chi connectivity index (χ4v) is 3.10. The Kier molecular flexibility index (Phi) is 6.26. The number of phenols is 1. The van der Waals surface area contributed by atoms with E-state index < -0.39 is 5.91 Å². The van der Waals surface area contributed by atoms with Crippen LogP contribution in [0.3, 0.4) is 0 Å². The molecule has 7 heteroatoms. The second kappa shape index (κ2) is 8.84. The molecular weight excluding hydrogens is 420 g/mol. The van der Waals surface area contributed by atoms with Crippen LogP contribution in [0.4, 0.5) is 0 Å². The van der Waals surface area contributed by atoms with Crippen LogP contribution in [-0.2, 0) is 6.42 Å². The van der Waals surface area contributed by atoms with Gasteiger partial charge in [-0.25, -0.2) is 5.43 Å². The van der Waals surface area contributed by atoms with Gasteiger partial charge in [0.1, 0.15) is 11.4 Å². The molecule has 144 valence electrons. The van der Waals surface area contributed by atoms with Crippen LogP contribution >= 0.6 is 15.9 Å². The highest BCUT2D eigenvalue weighted by molar-refractivity contribution is 9.10. The van der Waals surface area contributed by atoms with Gasteiger partial charge in [-0.05, 0) is 42.2 Å². The summed E-state index contributed by atoms with van der Waals surface area (Å²) >= 11 is 3.32. The van der Waals surface area contributed by atoms with Gasteiger partial charge in [0.05, 0.1) is 11.9 Å². The summed E-state index contributed by atoms with van der Waals surface area (Å²) in [5.74, 6) is 0.262. The molecular formula is C21H21BrN4O2. The van der Waals surface area contributed by atoms with E-state index in [4.69, 9.17) is 0 Å². The zero-order valence-electron chi connectivity index (χ0n) is 15.6. The Bertz CT molecular complexity index is 994. The minimum atomic E-state index is -0.416. The number of aromatic amines is 1. The summed E-state index contributed by atoms with van der Waals surface area (Å²) in [7, 11) is 0. The number of aromatic hydroxyl groups is 1. The van der Waals surface area contributed by atoms with Crippen molar-refractivity contribution in [3.05, 3.63) is 69.8 Å². The van der Waals surface area contributed by atoms with Crippen LogP contribution in [0.1, 0.15) is 35.5 Å². The number of benzene rings is 2. The number of H-pyrrole nitrogens is 1. The second-order valence-electron chi connectivity index (χ2n) is 6.86. The molecule has 6 nitrogen and oxygen atoms in total. The first-order valence-electron chi connectivity index (χ1n) is 8.89. The molecule has 3 N–H and O–H groups in total. The van der Waals surface area contributed by atoms with Crippen LogP contribution in [0.15, 0.2) is 58.1 Å². The van der Waals surface area contributed by atoms with Crippen molar-refractivity contribution < 1.29 is 9.90 Å². The fraction of sp³-hybridized carbons (Fsp3) is 0.190. The third-order valence-corrected chi connectivity index (χ3v) is 4.57. The summed E-state index contributed by atoms with van der Waals surface area (Å²) in [6.07, 6.45) is 2.41. The van der Waals surface area contributed by atoms with E-state index in [-0.39, 0.29) is 5.75 Å². The second-order valence-corrected chi connectivity index (χ2v) is 7.78. The molecule has 0 saturated heterocycles. The van der Waals surface area contributed by atoms with Gasteiger partial charge in [-0.1, -0.05) is 54.0 Å². The molecule has 1 amide bonds. The molecule has 0 saturated carbocycles. The van der Waals surface area contributed by atoms with E-state index in [0.717, 1.165) is 16.5 Å². The number of hydrazone groups is 1. The number of hydrogen-bond donors (Lipinski definition) is 3. The zero-order chi connectivity index (χ0) is 20.1. The van der Waals surface area contributed by atoms with Crippen molar-refractivity contribution in [2.24, 2.45) is 11.0 Å². The van der Waals surface area contributed by atoms with Gasteiger partial charge in [0.2, 0.25) is 0 Å². The minimum Gasteiger partial charge on any atom is -0.507 e. The van der Waals surface area contributed by atoms with Gasteiger partial charge in [0.25, 0.3) is 5.91 Å². The topological polar surface area (TPSA) is 90.4 Å². The van der Waals surface area contributed by atoms with Crippen molar-refractivity contribution in [1.82, 2.24) is 15.6 Å². The maximum atomic E-state index is 12.2. The number of aromatic nitrogens is 2. The number of carbonyl (C=O) groups excluding carboxylic acids is 1. The fourth-order valence-electron chi connectivity index (χ4n) is 2.72. The Hall–Kier alpha value is -2.93. The first-order chi connectivity index (χ1) is 13.4. The predicted molar refractivity (Wildman–Crippen MR) is 113 cm³/mol. The third-order valence-electron chi connectivity index (χ3n) is 4.08. The van der Waals surface area contributed by atoms with Gasteiger partial charge in [-0.3, -0.25) is 9.89 Å². The molecule has 1 heterocycles. The molecule has 0 aliphatic carbocycles. The molecule has 3 aromatic rings. The average Bonchev–Trinajstić information content (AvgIpc) is 3.15. The van der Waals surface area contributed by atoms with Crippen molar-refractivity contribution in [3.8, 4) is 17.0 Å². The number of rotatable bonds is 6. The molecule has 2 aromatic carbocycles. The Morgan fingerprint density at radius 2 is 2.00 bits per heavy atom. The number of nitrogens with one attached hydrogen (secondary N) is 2. The summed E-state index contributed by atoms with van der Waals surface area (Å²) < 4.78 is 0.802. The summed E-state index contributed by atoms with van der Waals surface area (Å²) in [6, 6.07) is 14.8. The summed E-state index contributed by atoms with van der Waals surface area (Å²) in [5.41, 5.74) is 6.11. The standard InChI is InChI=1S/C21H21BrN4O2/c1-13(2)9-14-3-5-15(6-4-14)18-11-19(25-24-18)21(28)26-23-12-16-10-17(22)7-8-20(16)27/h3-8,10-13,27H,9H2,1-2H3,(H,24,25)(H,26,28)/b23-12+. The van der Waals surface area contributed by atoms with E-state index in [2.05, 4.69) is 62.6 Å². The largest absolute Gasteiger partial charge is 0.507 e. The molecule has 0 spiro atoms. The van der Waals surface area contributed by atoms with Gasteiger partial charge in [-0.15, -0.1) is 0 Å². The zero-order valence-corrected chi connectivity index (χ0v) is 17.2. The SMILES string of the molecule is CC(C)Cc1ccc(-c2cc(C(=O)N/N=C/c3cc(Br)ccc3O)[nH]n2)cc1. The number of nitrogens with zero attached hydrogens (tertiary/aromatic N) is 2. The first kappa shape index (κ1) is 19.8. The lowest BCUT2D eigenvalue weighted by atomic mass is 10.0. The molecule has 0 atom stereocenters. The van der Waals surface area contributed by atoms with Gasteiger partial charge in [-0.2, -0.15) is 10.2 Å². The van der Waals surface area contributed by atoms with Crippen LogP contribution < -0.4 is 5.43 Å². The van der Waals surface area contributed by atoms with Gasteiger partial charge >= 0.3 is 0 Å². The molecule has 0 fully saturated rings. The number of phenolic OH excluding ortho intramolecular Hbond substituents is 1. The van der Waals surface area contributed by atoms with Crippen LogP contribution in [0.5, 0.6) is 5.75 Å². The molecule has 3 rings (SSSR count). The third kappa shape index (κ3) is 5.07. The minimum absolute atomic E-state index is 0.0749. The highest BCUT2D eigenvalue weighted by Gasteiger charge is 2.11. The Labute approximate surface area is 171 Å². The first-order valence-corrected chi connectivity index (χ1v) is 9.68. The molecule has 0 radical (unpaired) electrons. The lowest BCUT2D eigenvalue weighted by Crippen LogP contribution is -2.18. The summed E-state index contributed by atoms with van der Waals surface area (Å²) in [5, 5.41) is 20.6. The predicted octanol–water partition coefficient (Wildman–Crippen LogP) is 4.51. The van der Waals surface area contributed by atoms with Crippen LogP contribution in [0, 0.1) is 5.92 Å².